The molecule has 0 aliphatic heterocycles. The Kier molecular flexibility index (Phi) is 15.3. The van der Waals surface area contributed by atoms with Gasteiger partial charge < -0.3 is 28.7 Å². The molecule has 0 unspecified atom stereocenters. The van der Waals surface area contributed by atoms with Crippen molar-refractivity contribution in [2.24, 2.45) is 30.7 Å². The van der Waals surface area contributed by atoms with Gasteiger partial charge in [0.1, 0.15) is 26.9 Å². The third kappa shape index (κ3) is 13.3. The zero-order valence-electron chi connectivity index (χ0n) is 34.3. The third-order valence-electron chi connectivity index (χ3n) is 9.18. The summed E-state index contributed by atoms with van der Waals surface area (Å²) < 4.78 is 197. The quantitative estimate of drug-likeness (QED) is 0.0334. The summed E-state index contributed by atoms with van der Waals surface area (Å²) in [5, 5.41) is 22.9. The Morgan fingerprint density at radius 1 is 0.420 bits per heavy atom. The van der Waals surface area contributed by atoms with Crippen LogP contribution in [0.3, 0.4) is 0 Å². The Morgan fingerprint density at radius 3 is 1.26 bits per heavy atom. The molecular formula is C34H35N11O18S6. The maximum atomic E-state index is 12.6. The standard InChI is InChI=1S/C34H35N11O18S6/c35-29-23(15-27(67(54,55)56)31(37)33(29)39)43-41-20-5-3-17(25(13-20)65(48,49)50)1-2-18-4-6-21(14-26(18)66(51,52)53)42-44-24-16-28(68(57,58)59)32(38)34(30(24)36)45-40-19-7-9-22(10-8-19)64(46,47)12-11-63-69(60,61)62/h3-10,13-16H,1-2,11-12,35-39H2,(H,48,49,50)(H,51,52,53)(H,54,55,56)(H,57,58,59)(H,60,61,62). The van der Waals surface area contributed by atoms with E-state index in [1.165, 1.54) is 18.2 Å². The number of nitrogens with zero attached hydrogens (tertiary/aromatic N) is 6. The van der Waals surface area contributed by atoms with E-state index in [0.717, 1.165) is 48.5 Å². The summed E-state index contributed by atoms with van der Waals surface area (Å²) in [6.45, 7) is -0.895. The van der Waals surface area contributed by atoms with Crippen molar-refractivity contribution in [3.05, 3.63) is 83.9 Å². The van der Waals surface area contributed by atoms with Crippen LogP contribution in [0.5, 0.6) is 0 Å². The van der Waals surface area contributed by atoms with Gasteiger partial charge in [-0.3, -0.25) is 22.8 Å². The number of hydrogen-bond donors (Lipinski definition) is 10. The van der Waals surface area contributed by atoms with Gasteiger partial charge in [-0.05, 0) is 84.6 Å². The van der Waals surface area contributed by atoms with Crippen LogP contribution in [-0.2, 0) is 77.7 Å². The molecule has 0 aliphatic carbocycles. The van der Waals surface area contributed by atoms with Gasteiger partial charge in [0.15, 0.2) is 9.84 Å². The molecular weight excluding hydrogens is 1040 g/mol. The molecule has 29 nitrogen and oxygen atoms in total. The zero-order valence-corrected chi connectivity index (χ0v) is 39.2. The normalized spacial score (nSPS) is 13.2. The largest absolute Gasteiger partial charge is 0.397 e. The third-order valence-corrected chi connectivity index (χ3v) is 15.0. The van der Waals surface area contributed by atoms with Gasteiger partial charge >= 0.3 is 10.4 Å². The molecule has 0 aliphatic rings. The number of rotatable bonds is 18. The number of aryl methyl sites for hydroxylation is 2. The SMILES string of the molecule is Nc1c(N=Nc2ccc(CCc3ccc(N=Nc4cc(S(=O)(=O)O)c(N)c(N=Nc5ccc(S(=O)(=O)CCOS(=O)(=O)O)cc5)c4N)cc3S(=O)(=O)O)c(S(=O)(=O)O)c2)cc(S(=O)(=O)O)c(N)c1N. The van der Waals surface area contributed by atoms with Gasteiger partial charge in [0.05, 0.1) is 72.5 Å². The lowest BCUT2D eigenvalue weighted by Crippen LogP contribution is -2.15. The van der Waals surface area contributed by atoms with Crippen LogP contribution in [0.4, 0.5) is 62.6 Å². The summed E-state index contributed by atoms with van der Waals surface area (Å²) in [7, 11) is -29.1. The van der Waals surface area contributed by atoms with Crippen molar-refractivity contribution in [1.82, 2.24) is 0 Å². The van der Waals surface area contributed by atoms with Crippen molar-refractivity contribution >= 4 is 123 Å². The maximum Gasteiger partial charge on any atom is 0.397 e. The van der Waals surface area contributed by atoms with Crippen LogP contribution in [0, 0.1) is 0 Å². The molecule has 0 spiro atoms. The Balaban J connectivity index is 1.43. The fourth-order valence-corrected chi connectivity index (χ4v) is 10.2. The maximum absolute atomic E-state index is 12.6. The summed E-state index contributed by atoms with van der Waals surface area (Å²) in [6.07, 6.45) is -0.637. The smallest absolute Gasteiger partial charge is 0.396 e. The molecule has 5 rings (SSSR count). The minimum Gasteiger partial charge on any atom is -0.396 e. The molecule has 35 heteroatoms. The van der Waals surface area contributed by atoms with Crippen molar-refractivity contribution in [2.45, 2.75) is 37.3 Å². The first-order valence-corrected chi connectivity index (χ1v) is 27.0. The zero-order chi connectivity index (χ0) is 51.7. The highest BCUT2D eigenvalue weighted by atomic mass is 32.3. The number of azo groups is 3. The molecule has 0 heterocycles. The monoisotopic (exact) mass is 1080 g/mol. The van der Waals surface area contributed by atoms with Crippen LogP contribution in [0.1, 0.15) is 11.1 Å². The topological polar surface area (TPSA) is 519 Å². The molecule has 0 radical (unpaired) electrons. The molecule has 0 saturated heterocycles. The van der Waals surface area contributed by atoms with E-state index in [1.54, 1.807) is 0 Å². The minimum atomic E-state index is -5.13. The van der Waals surface area contributed by atoms with E-state index in [4.69, 9.17) is 33.2 Å². The second-order valence-corrected chi connectivity index (χ2v) is 22.6. The van der Waals surface area contributed by atoms with E-state index < -0.39 is 132 Å². The minimum absolute atomic E-state index is 0.0678. The predicted molar refractivity (Wildman–Crippen MR) is 243 cm³/mol. The molecule has 0 fully saturated rings. The molecule has 15 N–H and O–H groups in total. The van der Waals surface area contributed by atoms with E-state index >= 15 is 0 Å². The molecule has 370 valence electrons. The van der Waals surface area contributed by atoms with E-state index in [9.17, 15) is 68.7 Å². The van der Waals surface area contributed by atoms with Gasteiger partial charge in [-0.2, -0.15) is 57.4 Å². The van der Waals surface area contributed by atoms with E-state index in [0.29, 0.717) is 6.07 Å². The Hall–Kier alpha value is -6.64. The molecule has 0 aromatic heterocycles. The van der Waals surface area contributed by atoms with Crippen LogP contribution < -0.4 is 28.7 Å². The van der Waals surface area contributed by atoms with Gasteiger partial charge in [-0.15, -0.1) is 15.3 Å². The molecule has 0 bridgehead atoms. The fourth-order valence-electron chi connectivity index (χ4n) is 5.85. The lowest BCUT2D eigenvalue weighted by Gasteiger charge is -2.12. The first kappa shape index (κ1) is 53.3. The van der Waals surface area contributed by atoms with Gasteiger partial charge in [-0.25, -0.2) is 12.6 Å². The number of sulfone groups is 1. The Labute approximate surface area is 391 Å². The first-order valence-electron chi connectivity index (χ1n) is 18.2. The molecule has 69 heavy (non-hydrogen) atoms. The highest BCUT2D eigenvalue weighted by molar-refractivity contribution is 7.91. The Morgan fingerprint density at radius 2 is 0.826 bits per heavy atom. The van der Waals surface area contributed by atoms with Gasteiger partial charge in [0, 0.05) is 0 Å². The molecule has 5 aromatic rings. The summed E-state index contributed by atoms with van der Waals surface area (Å²) in [5.74, 6) is -0.841. The van der Waals surface area contributed by atoms with Crippen LogP contribution in [0.25, 0.3) is 0 Å². The van der Waals surface area contributed by atoms with E-state index in [1.807, 2.05) is 0 Å². The molecule has 0 amide bonds. The van der Waals surface area contributed by atoms with Gasteiger partial charge in [0.2, 0.25) is 0 Å². The first-order chi connectivity index (χ1) is 31.7. The number of benzene rings is 5. The van der Waals surface area contributed by atoms with Crippen LogP contribution in [0.15, 0.2) is 128 Å². The molecule has 5 aromatic carbocycles. The number of anilines is 5. The van der Waals surface area contributed by atoms with Crippen LogP contribution >= 0.6 is 0 Å². The molecule has 0 saturated carbocycles. The van der Waals surface area contributed by atoms with Crippen molar-refractivity contribution < 1.29 is 77.5 Å². The number of hydrogen-bond acceptors (Lipinski definition) is 24. The summed E-state index contributed by atoms with van der Waals surface area (Å²) >= 11 is 0. The van der Waals surface area contributed by atoms with Crippen molar-refractivity contribution in [2.75, 3.05) is 41.0 Å². The lowest BCUT2D eigenvalue weighted by molar-refractivity contribution is 0.284. The second-order valence-electron chi connectivity index (χ2n) is 13.9. The highest BCUT2D eigenvalue weighted by Crippen LogP contribution is 2.44. The van der Waals surface area contributed by atoms with Gasteiger partial charge in [-0.1, -0.05) is 12.1 Å². The summed E-state index contributed by atoms with van der Waals surface area (Å²) in [5.41, 5.74) is 24.4. The summed E-state index contributed by atoms with van der Waals surface area (Å²) in [6, 6.07) is 12.2. The van der Waals surface area contributed by atoms with Crippen LogP contribution in [0.2, 0.25) is 0 Å². The van der Waals surface area contributed by atoms with Gasteiger partial charge in [0.25, 0.3) is 40.5 Å². The van der Waals surface area contributed by atoms with Crippen molar-refractivity contribution in [3.8, 4) is 0 Å². The number of nitrogen functional groups attached to an aromatic ring is 5. The fraction of sp³-hybridized carbons (Fsp3) is 0.118. The van der Waals surface area contributed by atoms with E-state index in [2.05, 4.69) is 34.9 Å². The highest BCUT2D eigenvalue weighted by Gasteiger charge is 2.25. The number of nitrogens with two attached hydrogens (primary N) is 5. The van der Waals surface area contributed by atoms with Crippen molar-refractivity contribution in [3.63, 3.8) is 0 Å². The Bertz CT molecular complexity index is 3690. The predicted octanol–water partition coefficient (Wildman–Crippen LogP) is 4.21. The lowest BCUT2D eigenvalue weighted by atomic mass is 10.0. The van der Waals surface area contributed by atoms with Crippen LogP contribution in [-0.4, -0.2) is 85.6 Å². The average molecular weight is 1080 g/mol. The van der Waals surface area contributed by atoms with Crippen molar-refractivity contribution in [1.29, 1.82) is 0 Å². The summed E-state index contributed by atoms with van der Waals surface area (Å²) in [4.78, 5) is -3.62. The second kappa shape index (κ2) is 19.8. The van der Waals surface area contributed by atoms with E-state index in [-0.39, 0.29) is 51.6 Å². The molecule has 0 atom stereocenters. The average Bonchev–Trinajstić information content (AvgIpc) is 3.22.